The molecule has 1 amide bonds. The molecule has 2 aliphatic rings. The first kappa shape index (κ1) is 16.3. The van der Waals surface area contributed by atoms with E-state index in [2.05, 4.69) is 15.3 Å². The number of rotatable bonds is 6. The number of carbonyl (C=O) groups is 1. The third-order valence-electron chi connectivity index (χ3n) is 5.47. The smallest absolute Gasteiger partial charge is 0.226 e. The minimum atomic E-state index is 0.200. The molecule has 0 aromatic carbocycles. The van der Waals surface area contributed by atoms with Crippen LogP contribution in [0.3, 0.4) is 0 Å². The van der Waals surface area contributed by atoms with Crippen molar-refractivity contribution in [2.75, 3.05) is 13.1 Å². The van der Waals surface area contributed by atoms with Crippen molar-refractivity contribution in [2.45, 2.75) is 57.3 Å². The molecule has 0 radical (unpaired) electrons. The Morgan fingerprint density at radius 2 is 2.04 bits per heavy atom. The van der Waals surface area contributed by atoms with E-state index in [1.165, 1.54) is 19.3 Å². The molecule has 0 N–H and O–H groups in total. The Morgan fingerprint density at radius 1 is 1.20 bits per heavy atom. The molecule has 0 unspecified atom stereocenters. The van der Waals surface area contributed by atoms with Gasteiger partial charge in [0.05, 0.1) is 5.69 Å². The minimum Gasteiger partial charge on any atom is -0.365 e. The maximum absolute atomic E-state index is 12.3. The Hall–Kier alpha value is -2.18. The lowest BCUT2D eigenvalue weighted by atomic mass is 9.85. The normalized spacial score (nSPS) is 19.1. The average Bonchev–Trinajstić information content (AvgIpc) is 3.24. The topological polar surface area (TPSA) is 85.3 Å². The fourth-order valence-electron chi connectivity index (χ4n) is 3.58. The second kappa shape index (κ2) is 7.37. The van der Waals surface area contributed by atoms with Crippen molar-refractivity contribution in [1.29, 1.82) is 0 Å². The molecule has 7 nitrogen and oxygen atoms in total. The van der Waals surface area contributed by atoms with Crippen LogP contribution in [-0.4, -0.2) is 39.2 Å². The van der Waals surface area contributed by atoms with E-state index >= 15 is 0 Å². The Bertz CT molecular complexity index is 685. The molecular formula is C18H24N4O3. The van der Waals surface area contributed by atoms with Crippen LogP contribution >= 0.6 is 0 Å². The first-order valence-electron chi connectivity index (χ1n) is 9.27. The van der Waals surface area contributed by atoms with Crippen LogP contribution in [0.4, 0.5) is 0 Å². The summed E-state index contributed by atoms with van der Waals surface area (Å²) in [5.74, 6) is 2.89. The minimum absolute atomic E-state index is 0.200. The molecule has 1 saturated heterocycles. The highest BCUT2D eigenvalue weighted by molar-refractivity contribution is 5.76. The lowest BCUT2D eigenvalue weighted by Gasteiger charge is -2.31. The van der Waals surface area contributed by atoms with Gasteiger partial charge in [0.15, 0.2) is 5.82 Å². The number of carbonyl (C=O) groups excluding carboxylic acids is 1. The van der Waals surface area contributed by atoms with Crippen LogP contribution in [0.5, 0.6) is 0 Å². The van der Waals surface area contributed by atoms with E-state index < -0.39 is 0 Å². The summed E-state index contributed by atoms with van der Waals surface area (Å²) in [6.45, 7) is 1.62. The zero-order valence-electron chi connectivity index (χ0n) is 14.4. The summed E-state index contributed by atoms with van der Waals surface area (Å²) < 4.78 is 10.2. The van der Waals surface area contributed by atoms with Gasteiger partial charge in [-0.15, -0.1) is 0 Å². The number of hydrogen-bond acceptors (Lipinski definition) is 6. The predicted octanol–water partition coefficient (Wildman–Crippen LogP) is 2.74. The van der Waals surface area contributed by atoms with Gasteiger partial charge in [-0.2, -0.15) is 4.98 Å². The lowest BCUT2D eigenvalue weighted by Crippen LogP contribution is -2.39. The van der Waals surface area contributed by atoms with Crippen LogP contribution in [-0.2, 0) is 17.6 Å². The Kier molecular flexibility index (Phi) is 4.81. The number of aryl methyl sites for hydroxylation is 1. The van der Waals surface area contributed by atoms with E-state index in [-0.39, 0.29) is 5.91 Å². The second-order valence-electron chi connectivity index (χ2n) is 7.19. The van der Waals surface area contributed by atoms with Crippen LogP contribution in [0.25, 0.3) is 0 Å². The van der Waals surface area contributed by atoms with Crippen molar-refractivity contribution < 1.29 is 13.8 Å². The number of piperidine rings is 1. The Balaban J connectivity index is 1.21. The van der Waals surface area contributed by atoms with Gasteiger partial charge in [-0.3, -0.25) is 4.79 Å². The summed E-state index contributed by atoms with van der Waals surface area (Å²) in [7, 11) is 0. The van der Waals surface area contributed by atoms with Gasteiger partial charge in [0, 0.05) is 44.3 Å². The lowest BCUT2D eigenvalue weighted by molar-refractivity contribution is -0.132. The molecule has 134 valence electrons. The first-order chi connectivity index (χ1) is 12.3. The van der Waals surface area contributed by atoms with Crippen LogP contribution in [0, 0.1) is 5.92 Å². The molecule has 2 fully saturated rings. The third kappa shape index (κ3) is 3.91. The van der Waals surface area contributed by atoms with Crippen molar-refractivity contribution in [2.24, 2.45) is 5.92 Å². The molecule has 2 aromatic rings. The van der Waals surface area contributed by atoms with Gasteiger partial charge in [0.1, 0.15) is 6.26 Å². The molecular weight excluding hydrogens is 320 g/mol. The monoisotopic (exact) mass is 344 g/mol. The average molecular weight is 344 g/mol. The Labute approximate surface area is 146 Å². The maximum Gasteiger partial charge on any atom is 0.226 e. The fourth-order valence-corrected chi connectivity index (χ4v) is 3.58. The van der Waals surface area contributed by atoms with E-state index in [4.69, 9.17) is 9.05 Å². The molecule has 1 aliphatic heterocycles. The number of hydrogen-bond donors (Lipinski definition) is 0. The molecule has 25 heavy (non-hydrogen) atoms. The van der Waals surface area contributed by atoms with Crippen LogP contribution in [0.1, 0.15) is 61.9 Å². The molecule has 1 saturated carbocycles. The largest absolute Gasteiger partial charge is 0.365 e. The van der Waals surface area contributed by atoms with E-state index in [0.717, 1.165) is 49.8 Å². The summed E-state index contributed by atoms with van der Waals surface area (Å²) in [6, 6.07) is 1.81. The summed E-state index contributed by atoms with van der Waals surface area (Å²) in [4.78, 5) is 18.8. The summed E-state index contributed by atoms with van der Waals surface area (Å²) in [6.07, 6.45) is 9.15. The fraction of sp³-hybridized carbons (Fsp3) is 0.667. The van der Waals surface area contributed by atoms with Crippen molar-refractivity contribution in [3.63, 3.8) is 0 Å². The van der Waals surface area contributed by atoms with Gasteiger partial charge < -0.3 is 13.9 Å². The zero-order valence-corrected chi connectivity index (χ0v) is 14.4. The van der Waals surface area contributed by atoms with E-state index in [0.29, 0.717) is 24.7 Å². The van der Waals surface area contributed by atoms with Crippen LogP contribution in [0.15, 0.2) is 21.4 Å². The number of nitrogens with zero attached hydrogens (tertiary/aromatic N) is 4. The molecule has 0 atom stereocenters. The quantitative estimate of drug-likeness (QED) is 0.801. The van der Waals surface area contributed by atoms with E-state index in [9.17, 15) is 4.79 Å². The first-order valence-corrected chi connectivity index (χ1v) is 9.27. The van der Waals surface area contributed by atoms with E-state index in [1.54, 1.807) is 6.26 Å². The predicted molar refractivity (Wildman–Crippen MR) is 88.7 cm³/mol. The molecule has 0 spiro atoms. The van der Waals surface area contributed by atoms with Gasteiger partial charge in [-0.1, -0.05) is 16.7 Å². The molecule has 0 bridgehead atoms. The van der Waals surface area contributed by atoms with Crippen molar-refractivity contribution >= 4 is 5.91 Å². The van der Waals surface area contributed by atoms with Crippen molar-refractivity contribution in [3.8, 4) is 0 Å². The highest BCUT2D eigenvalue weighted by Crippen LogP contribution is 2.34. The highest BCUT2D eigenvalue weighted by atomic mass is 16.5. The highest BCUT2D eigenvalue weighted by Gasteiger charge is 2.27. The van der Waals surface area contributed by atoms with Gasteiger partial charge in [0.2, 0.25) is 11.8 Å². The van der Waals surface area contributed by atoms with Gasteiger partial charge in [-0.05, 0) is 31.6 Å². The van der Waals surface area contributed by atoms with Crippen molar-refractivity contribution in [3.05, 3.63) is 29.7 Å². The molecule has 4 rings (SSSR count). The summed E-state index contributed by atoms with van der Waals surface area (Å²) >= 11 is 0. The molecule has 1 aliphatic carbocycles. The van der Waals surface area contributed by atoms with Gasteiger partial charge in [-0.25, -0.2) is 0 Å². The standard InChI is InChI=1S/C18H24N4O3/c23-17(5-4-15-8-11-24-20-15)22-9-6-13(7-10-22)12-16-19-18(21-25-16)14-2-1-3-14/h8,11,13-14H,1-7,9-10,12H2. The second-order valence-corrected chi connectivity index (χ2v) is 7.19. The van der Waals surface area contributed by atoms with E-state index in [1.807, 2.05) is 11.0 Å². The number of amides is 1. The third-order valence-corrected chi connectivity index (χ3v) is 5.47. The Morgan fingerprint density at radius 3 is 2.72 bits per heavy atom. The summed E-state index contributed by atoms with van der Waals surface area (Å²) in [5.41, 5.74) is 0.835. The maximum atomic E-state index is 12.3. The SMILES string of the molecule is O=C(CCc1ccon1)N1CCC(Cc2nc(C3CCC3)no2)CC1. The van der Waals surface area contributed by atoms with Crippen LogP contribution < -0.4 is 0 Å². The van der Waals surface area contributed by atoms with Gasteiger partial charge >= 0.3 is 0 Å². The molecule has 3 heterocycles. The summed E-state index contributed by atoms with van der Waals surface area (Å²) in [5, 5.41) is 7.98. The zero-order chi connectivity index (χ0) is 17.1. The number of aromatic nitrogens is 3. The number of likely N-dealkylation sites (tertiary alicyclic amines) is 1. The molecule has 2 aromatic heterocycles. The van der Waals surface area contributed by atoms with Crippen LogP contribution in [0.2, 0.25) is 0 Å². The van der Waals surface area contributed by atoms with Gasteiger partial charge in [0.25, 0.3) is 0 Å². The molecule has 7 heteroatoms. The van der Waals surface area contributed by atoms with Crippen molar-refractivity contribution in [1.82, 2.24) is 20.2 Å².